The molecule has 1 saturated heterocycles. The van der Waals surface area contributed by atoms with E-state index in [0.717, 1.165) is 25.3 Å². The lowest BCUT2D eigenvalue weighted by Crippen LogP contribution is -2.37. The average Bonchev–Trinajstić information content (AvgIpc) is 3.16. The van der Waals surface area contributed by atoms with Crippen LogP contribution in [-0.4, -0.2) is 42.1 Å². The number of rotatable bonds is 4. The summed E-state index contributed by atoms with van der Waals surface area (Å²) < 4.78 is 2.15. The molecular weight excluding hydrogens is 238 g/mol. The van der Waals surface area contributed by atoms with Gasteiger partial charge in [0.05, 0.1) is 0 Å². The third-order valence-electron chi connectivity index (χ3n) is 4.28. The van der Waals surface area contributed by atoms with E-state index in [9.17, 15) is 4.79 Å². The maximum atomic E-state index is 12.5. The third-order valence-corrected chi connectivity index (χ3v) is 4.28. The van der Waals surface area contributed by atoms with Crippen molar-refractivity contribution in [3.8, 4) is 0 Å². The molecule has 1 aromatic heterocycles. The molecule has 4 heteroatoms. The second-order valence-corrected chi connectivity index (χ2v) is 5.91. The zero-order chi connectivity index (χ0) is 13.2. The topological polar surface area (TPSA) is 37.3 Å². The second-order valence-electron chi connectivity index (χ2n) is 5.91. The number of aromatic nitrogens is 1. The van der Waals surface area contributed by atoms with E-state index in [1.54, 1.807) is 0 Å². The van der Waals surface area contributed by atoms with Crippen molar-refractivity contribution in [2.24, 2.45) is 5.92 Å². The van der Waals surface area contributed by atoms with Gasteiger partial charge in [-0.25, -0.2) is 0 Å². The summed E-state index contributed by atoms with van der Waals surface area (Å²) in [6.45, 7) is 3.06. The van der Waals surface area contributed by atoms with Crippen LogP contribution in [0.15, 0.2) is 18.3 Å². The highest BCUT2D eigenvalue weighted by atomic mass is 16.2. The van der Waals surface area contributed by atoms with Gasteiger partial charge in [-0.3, -0.25) is 4.79 Å². The maximum absolute atomic E-state index is 12.5. The summed E-state index contributed by atoms with van der Waals surface area (Å²) in [6, 6.07) is 4.52. The van der Waals surface area contributed by atoms with E-state index in [0.29, 0.717) is 12.0 Å². The Balaban J connectivity index is 1.63. The smallest absolute Gasteiger partial charge is 0.270 e. The summed E-state index contributed by atoms with van der Waals surface area (Å²) >= 11 is 0. The van der Waals surface area contributed by atoms with E-state index < -0.39 is 0 Å². The number of nitrogens with one attached hydrogen (secondary N) is 1. The first-order valence-electron chi connectivity index (χ1n) is 7.38. The minimum absolute atomic E-state index is 0.176. The lowest BCUT2D eigenvalue weighted by Gasteiger charge is -2.27. The molecule has 1 aromatic rings. The highest BCUT2D eigenvalue weighted by Gasteiger charge is 2.28. The molecule has 0 radical (unpaired) electrons. The van der Waals surface area contributed by atoms with Crippen molar-refractivity contribution in [1.29, 1.82) is 0 Å². The Morgan fingerprint density at radius 3 is 2.79 bits per heavy atom. The molecule has 1 aliphatic carbocycles. The van der Waals surface area contributed by atoms with Crippen molar-refractivity contribution < 1.29 is 4.79 Å². The fourth-order valence-corrected chi connectivity index (χ4v) is 2.98. The summed E-state index contributed by atoms with van der Waals surface area (Å²) in [7, 11) is 1.94. The fraction of sp³-hybridized carbons (Fsp3) is 0.667. The molecule has 2 heterocycles. The van der Waals surface area contributed by atoms with Gasteiger partial charge < -0.3 is 14.8 Å². The zero-order valence-electron chi connectivity index (χ0n) is 11.6. The molecular formula is C15H23N3O. The molecule has 2 fully saturated rings. The quantitative estimate of drug-likeness (QED) is 0.898. The predicted molar refractivity (Wildman–Crippen MR) is 75.3 cm³/mol. The van der Waals surface area contributed by atoms with Crippen LogP contribution in [0.3, 0.4) is 0 Å². The Kier molecular flexibility index (Phi) is 3.60. The van der Waals surface area contributed by atoms with Crippen molar-refractivity contribution in [1.82, 2.24) is 14.8 Å². The molecule has 1 amide bonds. The SMILES string of the molecule is CN(CC1CCNCC1)C(=O)c1cccn1C1CC1. The van der Waals surface area contributed by atoms with Crippen LogP contribution in [0.5, 0.6) is 0 Å². The maximum Gasteiger partial charge on any atom is 0.270 e. The molecule has 19 heavy (non-hydrogen) atoms. The largest absolute Gasteiger partial charge is 0.340 e. The van der Waals surface area contributed by atoms with E-state index in [4.69, 9.17) is 0 Å². The molecule has 3 rings (SSSR count). The molecule has 0 bridgehead atoms. The van der Waals surface area contributed by atoms with Gasteiger partial charge >= 0.3 is 0 Å². The van der Waals surface area contributed by atoms with E-state index >= 15 is 0 Å². The summed E-state index contributed by atoms with van der Waals surface area (Å²) in [6.07, 6.45) is 6.84. The number of carbonyl (C=O) groups excluding carboxylic acids is 1. The molecule has 104 valence electrons. The molecule has 0 atom stereocenters. The van der Waals surface area contributed by atoms with Crippen LogP contribution in [0.4, 0.5) is 0 Å². The van der Waals surface area contributed by atoms with Crippen molar-refractivity contribution in [3.05, 3.63) is 24.0 Å². The number of amides is 1. The van der Waals surface area contributed by atoms with Crippen LogP contribution >= 0.6 is 0 Å². The second kappa shape index (κ2) is 5.37. The van der Waals surface area contributed by atoms with E-state index in [1.807, 2.05) is 30.3 Å². The molecule has 1 N–H and O–H groups in total. The van der Waals surface area contributed by atoms with Crippen LogP contribution in [0.1, 0.15) is 42.2 Å². The summed E-state index contributed by atoms with van der Waals surface area (Å²) in [5.74, 6) is 0.829. The van der Waals surface area contributed by atoms with E-state index in [2.05, 4.69) is 9.88 Å². The molecule has 2 aliphatic rings. The van der Waals surface area contributed by atoms with Crippen molar-refractivity contribution in [2.75, 3.05) is 26.7 Å². The Bertz CT molecular complexity index is 444. The van der Waals surface area contributed by atoms with Gasteiger partial charge in [0, 0.05) is 25.8 Å². The average molecular weight is 261 g/mol. The van der Waals surface area contributed by atoms with Crippen LogP contribution < -0.4 is 5.32 Å². The minimum atomic E-state index is 0.176. The zero-order valence-corrected chi connectivity index (χ0v) is 11.6. The van der Waals surface area contributed by atoms with Gasteiger partial charge in [0.15, 0.2) is 0 Å². The molecule has 4 nitrogen and oxygen atoms in total. The molecule has 0 spiro atoms. The summed E-state index contributed by atoms with van der Waals surface area (Å²) in [5.41, 5.74) is 0.860. The number of hydrogen-bond acceptors (Lipinski definition) is 2. The highest BCUT2D eigenvalue weighted by Crippen LogP contribution is 2.36. The lowest BCUT2D eigenvalue weighted by molar-refractivity contribution is 0.0752. The van der Waals surface area contributed by atoms with E-state index in [1.165, 1.54) is 25.7 Å². The van der Waals surface area contributed by atoms with Crippen LogP contribution in [-0.2, 0) is 0 Å². The monoisotopic (exact) mass is 261 g/mol. The van der Waals surface area contributed by atoms with Crippen LogP contribution in [0, 0.1) is 5.92 Å². The first-order valence-corrected chi connectivity index (χ1v) is 7.38. The molecule has 0 aromatic carbocycles. The Morgan fingerprint density at radius 2 is 2.11 bits per heavy atom. The van der Waals surface area contributed by atoms with Gasteiger partial charge in [0.1, 0.15) is 5.69 Å². The van der Waals surface area contributed by atoms with Crippen molar-refractivity contribution in [2.45, 2.75) is 31.7 Å². The Labute approximate surface area is 114 Å². The first kappa shape index (κ1) is 12.7. The van der Waals surface area contributed by atoms with Gasteiger partial charge in [0.25, 0.3) is 5.91 Å². The van der Waals surface area contributed by atoms with Crippen molar-refractivity contribution >= 4 is 5.91 Å². The van der Waals surface area contributed by atoms with Gasteiger partial charge in [-0.1, -0.05) is 0 Å². The van der Waals surface area contributed by atoms with Crippen LogP contribution in [0.2, 0.25) is 0 Å². The van der Waals surface area contributed by atoms with Gasteiger partial charge in [-0.2, -0.15) is 0 Å². The first-order chi connectivity index (χ1) is 9.25. The highest BCUT2D eigenvalue weighted by molar-refractivity contribution is 5.92. The lowest BCUT2D eigenvalue weighted by atomic mass is 9.97. The van der Waals surface area contributed by atoms with Crippen molar-refractivity contribution in [3.63, 3.8) is 0 Å². The number of hydrogen-bond donors (Lipinski definition) is 1. The Morgan fingerprint density at radius 1 is 1.37 bits per heavy atom. The van der Waals surface area contributed by atoms with Gasteiger partial charge in [0.2, 0.25) is 0 Å². The Hall–Kier alpha value is -1.29. The molecule has 1 saturated carbocycles. The minimum Gasteiger partial charge on any atom is -0.340 e. The number of carbonyl (C=O) groups is 1. The number of nitrogens with zero attached hydrogens (tertiary/aromatic N) is 2. The fourth-order valence-electron chi connectivity index (χ4n) is 2.98. The standard InChI is InChI=1S/C15H23N3O/c1-17(11-12-6-8-16-9-7-12)15(19)14-3-2-10-18(14)13-4-5-13/h2-3,10,12-13,16H,4-9,11H2,1H3. The van der Waals surface area contributed by atoms with Gasteiger partial charge in [-0.15, -0.1) is 0 Å². The summed E-state index contributed by atoms with van der Waals surface area (Å²) in [4.78, 5) is 14.4. The molecule has 0 unspecified atom stereocenters. The number of piperidine rings is 1. The normalized spacial score (nSPS) is 20.5. The third kappa shape index (κ3) is 2.84. The molecule has 1 aliphatic heterocycles. The summed E-state index contributed by atoms with van der Waals surface area (Å²) in [5, 5.41) is 3.37. The van der Waals surface area contributed by atoms with Crippen LogP contribution in [0.25, 0.3) is 0 Å². The van der Waals surface area contributed by atoms with E-state index in [-0.39, 0.29) is 5.91 Å². The van der Waals surface area contributed by atoms with Gasteiger partial charge in [-0.05, 0) is 56.8 Å². The predicted octanol–water partition coefficient (Wildman–Crippen LogP) is 1.89.